The summed E-state index contributed by atoms with van der Waals surface area (Å²) in [6.07, 6.45) is 0. The van der Waals surface area contributed by atoms with E-state index in [1.807, 2.05) is 0 Å². The zero-order valence-electron chi connectivity index (χ0n) is 11.2. The highest BCUT2D eigenvalue weighted by atomic mass is 15.1. The van der Waals surface area contributed by atoms with Gasteiger partial charge in [-0.3, -0.25) is 0 Å². The molecule has 0 rings (SSSR count). The van der Waals surface area contributed by atoms with Crippen molar-refractivity contribution in [1.29, 1.82) is 0 Å². The van der Waals surface area contributed by atoms with E-state index in [0.29, 0.717) is 0 Å². The molecule has 2 unspecified atom stereocenters. The third-order valence-corrected chi connectivity index (χ3v) is 3.48. The Kier molecular flexibility index (Phi) is 6.43. The second-order valence-corrected chi connectivity index (χ2v) is 5.66. The molecule has 0 heterocycles. The summed E-state index contributed by atoms with van der Waals surface area (Å²) in [6.45, 7) is 16.4. The molecule has 14 heavy (non-hydrogen) atoms. The van der Waals surface area contributed by atoms with Gasteiger partial charge in [0.2, 0.25) is 0 Å². The Morgan fingerprint density at radius 2 is 1.00 bits per heavy atom. The van der Waals surface area contributed by atoms with Crippen LogP contribution in [0, 0.1) is 23.7 Å². The topological polar surface area (TPSA) is 3.24 Å². The van der Waals surface area contributed by atoms with Crippen molar-refractivity contribution < 1.29 is 0 Å². The summed E-state index contributed by atoms with van der Waals surface area (Å²) in [5.74, 6) is 3.21. The van der Waals surface area contributed by atoms with Crippen molar-refractivity contribution in [1.82, 2.24) is 4.90 Å². The molecule has 86 valence electrons. The number of rotatable bonds is 6. The molecule has 0 saturated heterocycles. The van der Waals surface area contributed by atoms with Gasteiger partial charge in [0.05, 0.1) is 0 Å². The number of hydrogen-bond acceptors (Lipinski definition) is 1. The van der Waals surface area contributed by atoms with E-state index < -0.39 is 0 Å². The monoisotopic (exact) mass is 199 g/mol. The fourth-order valence-corrected chi connectivity index (χ4v) is 1.48. The maximum Gasteiger partial charge on any atom is 0.000653 e. The smallest absolute Gasteiger partial charge is 0.000653 e. The molecule has 0 amide bonds. The average Bonchev–Trinajstić information content (AvgIpc) is 2.03. The van der Waals surface area contributed by atoms with Crippen molar-refractivity contribution in [2.24, 2.45) is 23.7 Å². The predicted molar refractivity (Wildman–Crippen MR) is 65.5 cm³/mol. The minimum Gasteiger partial charge on any atom is -0.306 e. The van der Waals surface area contributed by atoms with Gasteiger partial charge in [-0.2, -0.15) is 0 Å². The molecule has 0 spiro atoms. The Labute approximate surface area is 90.9 Å². The zero-order chi connectivity index (χ0) is 11.3. The van der Waals surface area contributed by atoms with Gasteiger partial charge in [0.15, 0.2) is 0 Å². The van der Waals surface area contributed by atoms with Crippen LogP contribution in [-0.2, 0) is 0 Å². The van der Waals surface area contributed by atoms with E-state index >= 15 is 0 Å². The van der Waals surface area contributed by atoms with Gasteiger partial charge in [0.25, 0.3) is 0 Å². The molecule has 0 bridgehead atoms. The number of nitrogens with zero attached hydrogens (tertiary/aromatic N) is 1. The van der Waals surface area contributed by atoms with Gasteiger partial charge in [-0.15, -0.1) is 0 Å². The minimum atomic E-state index is 0.798. The van der Waals surface area contributed by atoms with Crippen molar-refractivity contribution in [2.45, 2.75) is 41.5 Å². The molecule has 0 aliphatic heterocycles. The lowest BCUT2D eigenvalue weighted by molar-refractivity contribution is 0.204. The summed E-state index contributed by atoms with van der Waals surface area (Å²) >= 11 is 0. The fourth-order valence-electron chi connectivity index (χ4n) is 1.48. The van der Waals surface area contributed by atoms with Gasteiger partial charge in [0, 0.05) is 13.1 Å². The van der Waals surface area contributed by atoms with Gasteiger partial charge in [-0.05, 0) is 30.7 Å². The van der Waals surface area contributed by atoms with E-state index in [-0.39, 0.29) is 0 Å². The van der Waals surface area contributed by atoms with Crippen LogP contribution in [0.5, 0.6) is 0 Å². The third-order valence-electron chi connectivity index (χ3n) is 3.48. The van der Waals surface area contributed by atoms with Crippen LogP contribution in [0.2, 0.25) is 0 Å². The van der Waals surface area contributed by atoms with Crippen molar-refractivity contribution in [2.75, 3.05) is 20.1 Å². The van der Waals surface area contributed by atoms with Gasteiger partial charge in [0.1, 0.15) is 0 Å². The minimum absolute atomic E-state index is 0.798. The molecule has 1 nitrogen and oxygen atoms in total. The molecular formula is C13H29N. The van der Waals surface area contributed by atoms with Gasteiger partial charge < -0.3 is 4.90 Å². The van der Waals surface area contributed by atoms with Crippen molar-refractivity contribution in [3.63, 3.8) is 0 Å². The molecule has 0 aromatic heterocycles. The summed E-state index contributed by atoms with van der Waals surface area (Å²) in [7, 11) is 2.25. The first kappa shape index (κ1) is 14.0. The van der Waals surface area contributed by atoms with E-state index in [1.54, 1.807) is 0 Å². The molecule has 0 N–H and O–H groups in total. The Morgan fingerprint density at radius 3 is 1.21 bits per heavy atom. The van der Waals surface area contributed by atoms with Crippen LogP contribution in [0.15, 0.2) is 0 Å². The summed E-state index contributed by atoms with van der Waals surface area (Å²) in [5, 5.41) is 0. The molecule has 0 fully saturated rings. The standard InChI is InChI=1S/C13H29N/c1-10(2)12(5)8-14(7)9-13(6)11(3)4/h10-13H,8-9H2,1-7H3. The summed E-state index contributed by atoms with van der Waals surface area (Å²) in [4.78, 5) is 2.48. The van der Waals surface area contributed by atoms with E-state index in [9.17, 15) is 0 Å². The molecule has 0 saturated carbocycles. The predicted octanol–water partition coefficient (Wildman–Crippen LogP) is 3.50. The SMILES string of the molecule is CC(C)C(C)CN(C)CC(C)C(C)C. The van der Waals surface area contributed by atoms with Crippen LogP contribution in [0.25, 0.3) is 0 Å². The third kappa shape index (κ3) is 5.64. The van der Waals surface area contributed by atoms with E-state index in [0.717, 1.165) is 23.7 Å². The van der Waals surface area contributed by atoms with E-state index in [4.69, 9.17) is 0 Å². The Morgan fingerprint density at radius 1 is 0.714 bits per heavy atom. The maximum absolute atomic E-state index is 2.48. The van der Waals surface area contributed by atoms with Crippen molar-refractivity contribution >= 4 is 0 Å². The fraction of sp³-hybridized carbons (Fsp3) is 1.00. The van der Waals surface area contributed by atoms with Crippen molar-refractivity contribution in [3.05, 3.63) is 0 Å². The van der Waals surface area contributed by atoms with Crippen LogP contribution in [0.1, 0.15) is 41.5 Å². The lowest BCUT2D eigenvalue weighted by Gasteiger charge is -2.27. The lowest BCUT2D eigenvalue weighted by Crippen LogP contribution is -2.32. The zero-order valence-corrected chi connectivity index (χ0v) is 11.2. The van der Waals surface area contributed by atoms with Gasteiger partial charge in [-0.1, -0.05) is 41.5 Å². The average molecular weight is 199 g/mol. The molecule has 0 aromatic rings. The summed E-state index contributed by atoms with van der Waals surface area (Å²) in [5.41, 5.74) is 0. The molecule has 0 radical (unpaired) electrons. The second kappa shape index (κ2) is 6.44. The van der Waals surface area contributed by atoms with Gasteiger partial charge in [-0.25, -0.2) is 0 Å². The van der Waals surface area contributed by atoms with Crippen molar-refractivity contribution in [3.8, 4) is 0 Å². The molecule has 1 heteroatoms. The van der Waals surface area contributed by atoms with Crippen LogP contribution in [0.3, 0.4) is 0 Å². The molecule has 0 aliphatic carbocycles. The second-order valence-electron chi connectivity index (χ2n) is 5.66. The van der Waals surface area contributed by atoms with E-state index in [2.05, 4.69) is 53.5 Å². The molecule has 0 aliphatic rings. The quantitative estimate of drug-likeness (QED) is 0.633. The summed E-state index contributed by atoms with van der Waals surface area (Å²) in [6, 6.07) is 0. The highest BCUT2D eigenvalue weighted by Gasteiger charge is 2.14. The Balaban J connectivity index is 3.80. The van der Waals surface area contributed by atoms with Crippen LogP contribution < -0.4 is 0 Å². The highest BCUT2D eigenvalue weighted by molar-refractivity contribution is 4.66. The van der Waals surface area contributed by atoms with Crippen LogP contribution >= 0.6 is 0 Å². The Hall–Kier alpha value is -0.0400. The summed E-state index contributed by atoms with van der Waals surface area (Å²) < 4.78 is 0. The highest BCUT2D eigenvalue weighted by Crippen LogP contribution is 2.14. The largest absolute Gasteiger partial charge is 0.306 e. The molecule has 2 atom stereocenters. The maximum atomic E-state index is 2.48. The first-order valence-electron chi connectivity index (χ1n) is 6.03. The van der Waals surface area contributed by atoms with E-state index in [1.165, 1.54) is 13.1 Å². The van der Waals surface area contributed by atoms with Gasteiger partial charge >= 0.3 is 0 Å². The first-order chi connectivity index (χ1) is 6.34. The first-order valence-corrected chi connectivity index (χ1v) is 6.03. The molecule has 0 aromatic carbocycles. The van der Waals surface area contributed by atoms with Crippen LogP contribution in [-0.4, -0.2) is 25.0 Å². The molecular weight excluding hydrogens is 170 g/mol. The van der Waals surface area contributed by atoms with Crippen LogP contribution in [0.4, 0.5) is 0 Å². The normalized spacial score (nSPS) is 16.7. The Bertz CT molecular complexity index is 124. The number of hydrogen-bond donors (Lipinski definition) is 0. The lowest BCUT2D eigenvalue weighted by atomic mass is 9.95.